The number of rotatable bonds is 7. The summed E-state index contributed by atoms with van der Waals surface area (Å²) in [6.45, 7) is 2.17. The van der Waals surface area contributed by atoms with Crippen molar-refractivity contribution in [2.24, 2.45) is 16.1 Å². The molecule has 0 atom stereocenters. The Bertz CT molecular complexity index is 820. The third-order valence-electron chi connectivity index (χ3n) is 5.45. The number of ether oxygens (including phenoxy) is 1. The lowest BCUT2D eigenvalue weighted by Gasteiger charge is -2.17. The maximum Gasteiger partial charge on any atom is 0.267 e. The van der Waals surface area contributed by atoms with Gasteiger partial charge < -0.3 is 14.8 Å². The number of hydrogen-bond acceptors (Lipinski definition) is 4. The zero-order valence-corrected chi connectivity index (χ0v) is 16.3. The van der Waals surface area contributed by atoms with E-state index < -0.39 is 0 Å². The molecule has 2 aromatic rings. The van der Waals surface area contributed by atoms with Gasteiger partial charge in [0, 0.05) is 16.9 Å². The summed E-state index contributed by atoms with van der Waals surface area (Å²) >= 11 is 0. The number of amides is 1. The fraction of sp³-hybridized carbons (Fsp3) is 0.571. The molecule has 1 saturated carbocycles. The second kappa shape index (κ2) is 9.02. The lowest BCUT2D eigenvalue weighted by molar-refractivity contribution is -0.122. The van der Waals surface area contributed by atoms with E-state index in [9.17, 15) is 9.90 Å². The number of benzene rings is 1. The Hall–Kier alpha value is -2.37. The molecule has 0 unspecified atom stereocenters. The zero-order valence-electron chi connectivity index (χ0n) is 16.3. The highest BCUT2D eigenvalue weighted by molar-refractivity contribution is 5.97. The standard InChI is InChI=1S/C21H29N3O3/c1-3-4-6-11-15-17(27-2)13-12-16-18(15)22-21(26)19(16)23-24-20(25)14-9-7-5-8-10-14/h12-14,22,26H,3-11H2,1-2H3. The number of fused-ring (bicyclic) bond motifs is 1. The number of nitrogens with one attached hydrogen (secondary N) is 1. The second-order valence-corrected chi connectivity index (χ2v) is 7.32. The van der Waals surface area contributed by atoms with Gasteiger partial charge in [-0.1, -0.05) is 39.0 Å². The summed E-state index contributed by atoms with van der Waals surface area (Å²) in [5, 5.41) is 19.2. The van der Waals surface area contributed by atoms with Gasteiger partial charge in [-0.25, -0.2) is 0 Å². The van der Waals surface area contributed by atoms with Crippen molar-refractivity contribution in [2.75, 3.05) is 7.11 Å². The molecule has 146 valence electrons. The van der Waals surface area contributed by atoms with Crippen molar-refractivity contribution in [2.45, 2.75) is 64.7 Å². The van der Waals surface area contributed by atoms with E-state index in [4.69, 9.17) is 4.74 Å². The fourth-order valence-electron chi connectivity index (χ4n) is 3.90. The first kappa shape index (κ1) is 19.4. The molecule has 0 saturated heterocycles. The normalized spacial score (nSPS) is 15.6. The van der Waals surface area contributed by atoms with E-state index in [1.54, 1.807) is 7.11 Å². The Labute approximate surface area is 160 Å². The summed E-state index contributed by atoms with van der Waals surface area (Å²) in [6, 6.07) is 3.74. The van der Waals surface area contributed by atoms with Crippen molar-refractivity contribution in [1.29, 1.82) is 0 Å². The molecule has 3 rings (SSSR count). The zero-order chi connectivity index (χ0) is 19.2. The van der Waals surface area contributed by atoms with Crippen LogP contribution in [-0.4, -0.2) is 23.1 Å². The summed E-state index contributed by atoms with van der Waals surface area (Å²) in [5.41, 5.74) is 2.16. The van der Waals surface area contributed by atoms with Crippen molar-refractivity contribution in [1.82, 2.24) is 4.98 Å². The van der Waals surface area contributed by atoms with Gasteiger partial charge in [0.1, 0.15) is 5.75 Å². The minimum absolute atomic E-state index is 0.0282. The number of hydrogen-bond donors (Lipinski definition) is 2. The van der Waals surface area contributed by atoms with E-state index in [0.717, 1.165) is 73.6 Å². The number of aromatic hydroxyl groups is 1. The van der Waals surface area contributed by atoms with Crippen LogP contribution < -0.4 is 4.74 Å². The lowest BCUT2D eigenvalue weighted by Crippen LogP contribution is -2.15. The Balaban J connectivity index is 1.89. The Kier molecular flexibility index (Phi) is 6.48. The van der Waals surface area contributed by atoms with Crippen molar-refractivity contribution in [3.8, 4) is 11.6 Å². The van der Waals surface area contributed by atoms with Crippen LogP contribution in [0.25, 0.3) is 10.9 Å². The van der Waals surface area contributed by atoms with Crippen LogP contribution in [0.2, 0.25) is 0 Å². The highest BCUT2D eigenvalue weighted by Crippen LogP contribution is 2.40. The molecule has 6 nitrogen and oxygen atoms in total. The number of methoxy groups -OCH3 is 1. The van der Waals surface area contributed by atoms with Gasteiger partial charge in [-0.05, 0) is 37.8 Å². The van der Waals surface area contributed by atoms with E-state index in [1.165, 1.54) is 6.42 Å². The van der Waals surface area contributed by atoms with Crippen molar-refractivity contribution in [3.05, 3.63) is 17.7 Å². The van der Waals surface area contributed by atoms with E-state index >= 15 is 0 Å². The van der Waals surface area contributed by atoms with Crippen LogP contribution in [0.15, 0.2) is 22.4 Å². The van der Waals surface area contributed by atoms with Crippen LogP contribution in [0, 0.1) is 5.92 Å². The molecule has 1 amide bonds. The minimum atomic E-state index is -0.180. The van der Waals surface area contributed by atoms with Crippen LogP contribution in [0.4, 0.5) is 5.69 Å². The topological polar surface area (TPSA) is 87.0 Å². The van der Waals surface area contributed by atoms with E-state index in [2.05, 4.69) is 22.1 Å². The number of nitrogens with zero attached hydrogens (tertiary/aromatic N) is 2. The number of carbonyl (C=O) groups is 1. The van der Waals surface area contributed by atoms with Gasteiger partial charge in [0.25, 0.3) is 5.91 Å². The highest BCUT2D eigenvalue weighted by Gasteiger charge is 2.22. The summed E-state index contributed by atoms with van der Waals surface area (Å²) in [5.74, 6) is 0.525. The average molecular weight is 371 g/mol. The smallest absolute Gasteiger partial charge is 0.267 e. The van der Waals surface area contributed by atoms with Crippen LogP contribution in [0.1, 0.15) is 63.9 Å². The number of aromatic amines is 1. The number of aromatic nitrogens is 1. The third kappa shape index (κ3) is 4.31. The van der Waals surface area contributed by atoms with Gasteiger partial charge in [-0.3, -0.25) is 4.79 Å². The number of carbonyl (C=O) groups excluding carboxylic acids is 1. The molecule has 1 aliphatic rings. The van der Waals surface area contributed by atoms with Crippen molar-refractivity contribution in [3.63, 3.8) is 0 Å². The Morgan fingerprint density at radius 1 is 1.26 bits per heavy atom. The maximum absolute atomic E-state index is 12.3. The van der Waals surface area contributed by atoms with E-state index in [-0.39, 0.29) is 17.7 Å². The number of unbranched alkanes of at least 4 members (excludes halogenated alkanes) is 2. The molecule has 2 N–H and O–H groups in total. The fourth-order valence-corrected chi connectivity index (χ4v) is 3.90. The molecule has 1 aliphatic carbocycles. The number of azo groups is 1. The molecule has 1 heterocycles. The first-order chi connectivity index (χ1) is 13.2. The predicted octanol–water partition coefficient (Wildman–Crippen LogP) is 5.81. The SMILES string of the molecule is CCCCCc1c(OC)ccc2c(N=NC(=O)C3CCCCC3)c(O)[nH]c12. The van der Waals surface area contributed by atoms with E-state index in [0.29, 0.717) is 5.69 Å². The summed E-state index contributed by atoms with van der Waals surface area (Å²) in [4.78, 5) is 15.3. The summed E-state index contributed by atoms with van der Waals surface area (Å²) < 4.78 is 5.50. The third-order valence-corrected chi connectivity index (χ3v) is 5.45. The largest absolute Gasteiger partial charge is 0.496 e. The van der Waals surface area contributed by atoms with Gasteiger partial charge in [0.15, 0.2) is 5.69 Å². The lowest BCUT2D eigenvalue weighted by atomic mass is 9.89. The van der Waals surface area contributed by atoms with Crippen LogP contribution in [0.5, 0.6) is 11.6 Å². The molecular weight excluding hydrogens is 342 g/mol. The first-order valence-electron chi connectivity index (χ1n) is 10.0. The molecule has 0 aliphatic heterocycles. The van der Waals surface area contributed by atoms with Crippen LogP contribution >= 0.6 is 0 Å². The second-order valence-electron chi connectivity index (χ2n) is 7.32. The first-order valence-corrected chi connectivity index (χ1v) is 10.0. The predicted molar refractivity (Wildman–Crippen MR) is 106 cm³/mol. The Morgan fingerprint density at radius 3 is 2.74 bits per heavy atom. The average Bonchev–Trinajstić information content (AvgIpc) is 3.02. The summed E-state index contributed by atoms with van der Waals surface area (Å²) in [6.07, 6.45) is 9.27. The molecule has 0 radical (unpaired) electrons. The molecule has 1 aromatic heterocycles. The quantitative estimate of drug-likeness (QED) is 0.476. The molecule has 0 spiro atoms. The number of H-pyrrole nitrogens is 1. The minimum Gasteiger partial charge on any atom is -0.496 e. The maximum atomic E-state index is 12.3. The molecular formula is C21H29N3O3. The van der Waals surface area contributed by atoms with Crippen LogP contribution in [0.3, 0.4) is 0 Å². The number of aryl methyl sites for hydroxylation is 1. The monoisotopic (exact) mass is 371 g/mol. The molecule has 1 aromatic carbocycles. The van der Waals surface area contributed by atoms with Crippen molar-refractivity contribution < 1.29 is 14.6 Å². The molecule has 0 bridgehead atoms. The highest BCUT2D eigenvalue weighted by atomic mass is 16.5. The molecule has 1 fully saturated rings. The van der Waals surface area contributed by atoms with Gasteiger partial charge in [0.05, 0.1) is 12.6 Å². The van der Waals surface area contributed by atoms with Crippen LogP contribution in [-0.2, 0) is 11.2 Å². The Morgan fingerprint density at radius 2 is 2.04 bits per heavy atom. The molecule has 6 heteroatoms. The van der Waals surface area contributed by atoms with Gasteiger partial charge >= 0.3 is 0 Å². The van der Waals surface area contributed by atoms with Crippen molar-refractivity contribution >= 4 is 22.5 Å². The summed E-state index contributed by atoms with van der Waals surface area (Å²) in [7, 11) is 1.65. The van der Waals surface area contributed by atoms with E-state index in [1.807, 2.05) is 12.1 Å². The molecule has 27 heavy (non-hydrogen) atoms. The van der Waals surface area contributed by atoms with Gasteiger partial charge in [-0.15, -0.1) is 10.2 Å². The van der Waals surface area contributed by atoms with Gasteiger partial charge in [0.2, 0.25) is 5.88 Å². The van der Waals surface area contributed by atoms with Gasteiger partial charge in [-0.2, -0.15) is 0 Å².